The van der Waals surface area contributed by atoms with Crippen LogP contribution in [-0.2, 0) is 4.79 Å². The van der Waals surface area contributed by atoms with E-state index in [0.717, 1.165) is 0 Å². The van der Waals surface area contributed by atoms with Crippen LogP contribution in [0.2, 0.25) is 0 Å². The minimum Gasteiger partial charge on any atom is -0.349 e. The van der Waals surface area contributed by atoms with Gasteiger partial charge in [-0.25, -0.2) is 0 Å². The van der Waals surface area contributed by atoms with Gasteiger partial charge in [-0.2, -0.15) is 0 Å². The van der Waals surface area contributed by atoms with E-state index >= 15 is 0 Å². The molecule has 1 saturated heterocycles. The highest BCUT2D eigenvalue weighted by atomic mass is 16.1. The lowest BCUT2D eigenvalue weighted by molar-refractivity contribution is -0.124. The van der Waals surface area contributed by atoms with Crippen LogP contribution in [-0.4, -0.2) is 11.9 Å². The summed E-state index contributed by atoms with van der Waals surface area (Å²) >= 11 is 0. The van der Waals surface area contributed by atoms with E-state index in [4.69, 9.17) is 0 Å². The molecule has 3 atom stereocenters. The van der Waals surface area contributed by atoms with Crippen LogP contribution in [0.4, 0.5) is 0 Å². The largest absolute Gasteiger partial charge is 0.349 e. The van der Waals surface area contributed by atoms with Gasteiger partial charge in [0, 0.05) is 12.3 Å². The van der Waals surface area contributed by atoms with Crippen molar-refractivity contribution >= 4 is 5.91 Å². The Balaban J connectivity index is 2.19. The zero-order valence-electron chi connectivity index (χ0n) is 7.16. The molecule has 0 bridgehead atoms. The Bertz CT molecular complexity index is 255. The third-order valence-electron chi connectivity index (χ3n) is 2.67. The lowest BCUT2D eigenvalue weighted by Crippen LogP contribution is -2.47. The van der Waals surface area contributed by atoms with E-state index < -0.39 is 0 Å². The molecule has 12 heavy (non-hydrogen) atoms. The summed E-state index contributed by atoms with van der Waals surface area (Å²) in [7, 11) is 0. The molecular weight excluding hydrogens is 150 g/mol. The summed E-state index contributed by atoms with van der Waals surface area (Å²) < 4.78 is 0. The highest BCUT2D eigenvalue weighted by molar-refractivity contribution is 5.78. The lowest BCUT2D eigenvalue weighted by atomic mass is 9.79. The Kier molecular flexibility index (Phi) is 1.75. The standard InChI is InChI=1S/C10H13NO/c1-7-6-10(12)11-9-5-3-2-4-8(7)9/h2-5,7-9H,6H2,1H3,(H,11,12). The van der Waals surface area contributed by atoms with Gasteiger partial charge in [-0.05, 0) is 5.92 Å². The van der Waals surface area contributed by atoms with Crippen molar-refractivity contribution in [2.24, 2.45) is 11.8 Å². The maximum Gasteiger partial charge on any atom is 0.220 e. The van der Waals surface area contributed by atoms with Crippen LogP contribution in [0, 0.1) is 11.8 Å². The molecule has 0 spiro atoms. The average Bonchev–Trinajstić information content (AvgIpc) is 2.04. The van der Waals surface area contributed by atoms with Gasteiger partial charge < -0.3 is 5.32 Å². The first-order valence-electron chi connectivity index (χ1n) is 4.42. The molecule has 3 unspecified atom stereocenters. The fourth-order valence-electron chi connectivity index (χ4n) is 1.99. The fourth-order valence-corrected chi connectivity index (χ4v) is 1.99. The monoisotopic (exact) mass is 163 g/mol. The molecule has 2 heteroatoms. The minimum atomic E-state index is 0.184. The Labute approximate surface area is 72.3 Å². The molecule has 64 valence electrons. The second kappa shape index (κ2) is 2.77. The second-order valence-electron chi connectivity index (χ2n) is 3.62. The number of hydrogen-bond acceptors (Lipinski definition) is 1. The van der Waals surface area contributed by atoms with Crippen LogP contribution in [0.15, 0.2) is 24.3 Å². The fraction of sp³-hybridized carbons (Fsp3) is 0.500. The van der Waals surface area contributed by atoms with E-state index in [-0.39, 0.29) is 11.9 Å². The van der Waals surface area contributed by atoms with Gasteiger partial charge in [0.1, 0.15) is 0 Å². The molecular formula is C10H13NO. The van der Waals surface area contributed by atoms with Gasteiger partial charge in [0.25, 0.3) is 0 Å². The molecule has 0 aromatic rings. The Hall–Kier alpha value is -1.05. The van der Waals surface area contributed by atoms with Crippen molar-refractivity contribution in [3.63, 3.8) is 0 Å². The first-order chi connectivity index (χ1) is 5.77. The zero-order chi connectivity index (χ0) is 8.55. The predicted octanol–water partition coefficient (Wildman–Crippen LogP) is 1.25. The van der Waals surface area contributed by atoms with Crippen LogP contribution < -0.4 is 5.32 Å². The Morgan fingerprint density at radius 1 is 1.42 bits per heavy atom. The molecule has 2 aliphatic rings. The number of allylic oxidation sites excluding steroid dienone is 2. The highest BCUT2D eigenvalue weighted by Gasteiger charge is 2.31. The van der Waals surface area contributed by atoms with Crippen molar-refractivity contribution < 1.29 is 4.79 Å². The molecule has 1 fully saturated rings. The number of carbonyl (C=O) groups excluding carboxylic acids is 1. The first-order valence-corrected chi connectivity index (χ1v) is 4.42. The summed E-state index contributed by atoms with van der Waals surface area (Å²) in [4.78, 5) is 11.2. The number of amides is 1. The molecule has 1 N–H and O–H groups in total. The third-order valence-corrected chi connectivity index (χ3v) is 2.67. The van der Waals surface area contributed by atoms with Gasteiger partial charge in [-0.15, -0.1) is 0 Å². The van der Waals surface area contributed by atoms with Gasteiger partial charge in [0.2, 0.25) is 5.91 Å². The van der Waals surface area contributed by atoms with E-state index in [9.17, 15) is 4.79 Å². The first kappa shape index (κ1) is 7.59. The quantitative estimate of drug-likeness (QED) is 0.572. The summed E-state index contributed by atoms with van der Waals surface area (Å²) in [5, 5.41) is 2.97. The van der Waals surface area contributed by atoms with E-state index in [1.54, 1.807) is 0 Å². The summed E-state index contributed by atoms with van der Waals surface area (Å²) in [6.07, 6.45) is 8.99. The minimum absolute atomic E-state index is 0.184. The van der Waals surface area contributed by atoms with Crippen LogP contribution in [0.3, 0.4) is 0 Å². The van der Waals surface area contributed by atoms with Gasteiger partial charge in [-0.3, -0.25) is 4.79 Å². The number of carbonyl (C=O) groups is 1. The highest BCUT2D eigenvalue weighted by Crippen LogP contribution is 2.27. The van der Waals surface area contributed by atoms with Crippen molar-refractivity contribution in [1.29, 1.82) is 0 Å². The van der Waals surface area contributed by atoms with E-state index in [2.05, 4.69) is 30.5 Å². The van der Waals surface area contributed by atoms with Gasteiger partial charge >= 0.3 is 0 Å². The van der Waals surface area contributed by atoms with E-state index in [1.165, 1.54) is 0 Å². The molecule has 1 heterocycles. The maximum atomic E-state index is 11.2. The molecule has 0 aromatic carbocycles. The van der Waals surface area contributed by atoms with Gasteiger partial charge in [-0.1, -0.05) is 31.2 Å². The van der Waals surface area contributed by atoms with Crippen molar-refractivity contribution in [1.82, 2.24) is 5.32 Å². The summed E-state index contributed by atoms with van der Waals surface area (Å²) in [5.74, 6) is 1.17. The maximum absolute atomic E-state index is 11.2. The summed E-state index contributed by atoms with van der Waals surface area (Å²) in [6.45, 7) is 2.14. The van der Waals surface area contributed by atoms with Gasteiger partial charge in [0.15, 0.2) is 0 Å². The molecule has 0 saturated carbocycles. The number of nitrogens with one attached hydrogen (secondary N) is 1. The van der Waals surface area contributed by atoms with Crippen molar-refractivity contribution in [2.45, 2.75) is 19.4 Å². The van der Waals surface area contributed by atoms with Crippen molar-refractivity contribution in [2.75, 3.05) is 0 Å². The normalized spacial score (nSPS) is 39.1. The van der Waals surface area contributed by atoms with Crippen LogP contribution in [0.25, 0.3) is 0 Å². The lowest BCUT2D eigenvalue weighted by Gasteiger charge is -2.34. The molecule has 1 amide bonds. The topological polar surface area (TPSA) is 29.1 Å². The molecule has 0 aromatic heterocycles. The van der Waals surface area contributed by atoms with Crippen molar-refractivity contribution in [3.05, 3.63) is 24.3 Å². The summed E-state index contributed by atoms with van der Waals surface area (Å²) in [5.41, 5.74) is 0. The zero-order valence-corrected chi connectivity index (χ0v) is 7.16. The number of hydrogen-bond donors (Lipinski definition) is 1. The molecule has 1 aliphatic carbocycles. The second-order valence-corrected chi connectivity index (χ2v) is 3.62. The molecule has 0 radical (unpaired) electrons. The number of rotatable bonds is 0. The number of fused-ring (bicyclic) bond motifs is 1. The molecule has 1 aliphatic heterocycles. The summed E-state index contributed by atoms with van der Waals surface area (Å²) in [6, 6.07) is 0.242. The predicted molar refractivity (Wildman–Crippen MR) is 47.5 cm³/mol. The van der Waals surface area contributed by atoms with E-state index in [0.29, 0.717) is 18.3 Å². The van der Waals surface area contributed by atoms with E-state index in [1.807, 2.05) is 6.08 Å². The Morgan fingerprint density at radius 3 is 3.00 bits per heavy atom. The smallest absolute Gasteiger partial charge is 0.220 e. The SMILES string of the molecule is CC1CC(=O)NC2C=CC=CC12. The van der Waals surface area contributed by atoms with Gasteiger partial charge in [0.05, 0.1) is 6.04 Å². The van der Waals surface area contributed by atoms with Crippen LogP contribution >= 0.6 is 0 Å². The third kappa shape index (κ3) is 1.17. The average molecular weight is 163 g/mol. The van der Waals surface area contributed by atoms with Crippen LogP contribution in [0.1, 0.15) is 13.3 Å². The Morgan fingerprint density at radius 2 is 2.17 bits per heavy atom. The number of piperidine rings is 1. The molecule has 2 rings (SSSR count). The van der Waals surface area contributed by atoms with Crippen molar-refractivity contribution in [3.8, 4) is 0 Å². The molecule has 2 nitrogen and oxygen atoms in total. The van der Waals surface area contributed by atoms with Crippen LogP contribution in [0.5, 0.6) is 0 Å².